The molecule has 2 unspecified atom stereocenters. The molecule has 0 heterocycles. The molecule has 0 aromatic heterocycles. The summed E-state index contributed by atoms with van der Waals surface area (Å²) in [6, 6.07) is 0.525. The second-order valence-electron chi connectivity index (χ2n) is 9.58. The third-order valence-corrected chi connectivity index (χ3v) is 6.47. The van der Waals surface area contributed by atoms with E-state index in [-0.39, 0.29) is 6.09 Å². The number of carbonyl (C=O) groups is 1. The van der Waals surface area contributed by atoms with E-state index >= 15 is 0 Å². The predicted molar refractivity (Wildman–Crippen MR) is 94.4 cm³/mol. The molecule has 2 N–H and O–H groups in total. The number of hydrogen-bond acceptors (Lipinski definition) is 3. The van der Waals surface area contributed by atoms with Crippen LogP contribution >= 0.6 is 0 Å². The van der Waals surface area contributed by atoms with Gasteiger partial charge in [0.05, 0.1) is 0 Å². The molecule has 0 radical (unpaired) electrons. The highest BCUT2D eigenvalue weighted by molar-refractivity contribution is 5.67. The Hall–Kier alpha value is -0.770. The molecular weight excluding hydrogens is 288 g/mol. The highest BCUT2D eigenvalue weighted by atomic mass is 16.6. The van der Waals surface area contributed by atoms with Crippen molar-refractivity contribution in [1.82, 2.24) is 10.6 Å². The summed E-state index contributed by atoms with van der Waals surface area (Å²) in [5.41, 5.74) is 0.437. The highest BCUT2D eigenvalue weighted by Crippen LogP contribution is 2.68. The van der Waals surface area contributed by atoms with Crippen LogP contribution in [0.5, 0.6) is 0 Å². The van der Waals surface area contributed by atoms with Crippen LogP contribution in [0, 0.1) is 22.7 Å². The summed E-state index contributed by atoms with van der Waals surface area (Å²) in [5.74, 6) is 1.27. The SMILES string of the molecule is CC(C)(C)OC(=O)NCC1CCCC1NCC1C(C)(C)C1(C)C. The molecule has 4 nitrogen and oxygen atoms in total. The van der Waals surface area contributed by atoms with Gasteiger partial charge in [-0.2, -0.15) is 0 Å². The van der Waals surface area contributed by atoms with Gasteiger partial charge in [0.15, 0.2) is 0 Å². The largest absolute Gasteiger partial charge is 0.444 e. The van der Waals surface area contributed by atoms with Crippen LogP contribution in [0.25, 0.3) is 0 Å². The van der Waals surface area contributed by atoms with E-state index < -0.39 is 5.60 Å². The summed E-state index contributed by atoms with van der Waals surface area (Å²) in [7, 11) is 0. The van der Waals surface area contributed by atoms with Crippen molar-refractivity contribution in [3.63, 3.8) is 0 Å². The van der Waals surface area contributed by atoms with Crippen molar-refractivity contribution in [2.75, 3.05) is 13.1 Å². The lowest BCUT2D eigenvalue weighted by Gasteiger charge is -2.24. The summed E-state index contributed by atoms with van der Waals surface area (Å²) in [6.07, 6.45) is 3.35. The zero-order chi connectivity index (χ0) is 17.5. The maximum Gasteiger partial charge on any atom is 0.407 e. The fraction of sp³-hybridized carbons (Fsp3) is 0.947. The number of amides is 1. The molecule has 1 amide bonds. The summed E-state index contributed by atoms with van der Waals surface area (Å²) in [6.45, 7) is 17.0. The molecule has 0 aromatic rings. The van der Waals surface area contributed by atoms with Crippen LogP contribution in [0.15, 0.2) is 0 Å². The van der Waals surface area contributed by atoms with E-state index in [1.54, 1.807) is 0 Å². The topological polar surface area (TPSA) is 50.4 Å². The second kappa shape index (κ2) is 6.27. The summed E-state index contributed by atoms with van der Waals surface area (Å²) in [4.78, 5) is 11.8. The molecule has 4 heteroatoms. The van der Waals surface area contributed by atoms with Gasteiger partial charge in [-0.05, 0) is 62.8 Å². The second-order valence-corrected chi connectivity index (χ2v) is 9.58. The van der Waals surface area contributed by atoms with E-state index in [1.165, 1.54) is 19.3 Å². The van der Waals surface area contributed by atoms with Crippen molar-refractivity contribution in [1.29, 1.82) is 0 Å². The van der Waals surface area contributed by atoms with Gasteiger partial charge >= 0.3 is 6.09 Å². The molecule has 2 aliphatic rings. The van der Waals surface area contributed by atoms with Crippen LogP contribution in [-0.4, -0.2) is 30.8 Å². The molecule has 2 aliphatic carbocycles. The Morgan fingerprint density at radius 3 is 2.22 bits per heavy atom. The molecule has 0 saturated heterocycles. The van der Waals surface area contributed by atoms with Crippen molar-refractivity contribution in [3.05, 3.63) is 0 Å². The number of hydrogen-bond donors (Lipinski definition) is 2. The Labute approximate surface area is 142 Å². The molecule has 0 bridgehead atoms. The lowest BCUT2D eigenvalue weighted by molar-refractivity contribution is 0.0517. The van der Waals surface area contributed by atoms with Crippen LogP contribution in [0.4, 0.5) is 4.79 Å². The van der Waals surface area contributed by atoms with Gasteiger partial charge in [0.2, 0.25) is 0 Å². The van der Waals surface area contributed by atoms with Gasteiger partial charge in [0.1, 0.15) is 5.60 Å². The van der Waals surface area contributed by atoms with Crippen LogP contribution in [0.2, 0.25) is 0 Å². The molecule has 0 aromatic carbocycles. The highest BCUT2D eigenvalue weighted by Gasteiger charge is 2.64. The Balaban J connectivity index is 1.75. The van der Waals surface area contributed by atoms with Gasteiger partial charge in [-0.15, -0.1) is 0 Å². The first-order chi connectivity index (χ1) is 10.4. The minimum absolute atomic E-state index is 0.299. The third kappa shape index (κ3) is 4.20. The minimum atomic E-state index is -0.430. The number of nitrogens with one attached hydrogen (secondary N) is 2. The Kier molecular flexibility index (Phi) is 5.06. The van der Waals surface area contributed by atoms with Crippen molar-refractivity contribution < 1.29 is 9.53 Å². The van der Waals surface area contributed by atoms with Gasteiger partial charge < -0.3 is 15.4 Å². The zero-order valence-electron chi connectivity index (χ0n) is 16.1. The number of alkyl carbamates (subject to hydrolysis) is 1. The van der Waals surface area contributed by atoms with Crippen molar-refractivity contribution in [2.45, 2.75) is 79.4 Å². The first kappa shape index (κ1) is 18.6. The average molecular weight is 325 g/mol. The minimum Gasteiger partial charge on any atom is -0.444 e. The molecule has 2 saturated carbocycles. The van der Waals surface area contributed by atoms with Crippen molar-refractivity contribution >= 4 is 6.09 Å². The monoisotopic (exact) mass is 324 g/mol. The average Bonchev–Trinajstić information content (AvgIpc) is 2.73. The predicted octanol–water partition coefficient (Wildman–Crippen LogP) is 3.95. The Morgan fingerprint density at radius 2 is 1.70 bits per heavy atom. The fourth-order valence-electron chi connectivity index (χ4n) is 4.19. The first-order valence-corrected chi connectivity index (χ1v) is 9.15. The number of rotatable bonds is 5. The fourth-order valence-corrected chi connectivity index (χ4v) is 4.19. The molecule has 0 spiro atoms. The first-order valence-electron chi connectivity index (χ1n) is 9.15. The summed E-state index contributed by atoms with van der Waals surface area (Å²) in [5, 5.41) is 6.73. The number of carbonyl (C=O) groups excluding carboxylic acids is 1. The standard InChI is InChI=1S/C19H36N2O2/c1-17(2,3)23-16(22)21-11-13-9-8-10-14(13)20-12-15-18(4,5)19(15,6)7/h13-15,20H,8-12H2,1-7H3,(H,21,22). The smallest absolute Gasteiger partial charge is 0.407 e. The van der Waals surface area contributed by atoms with Gasteiger partial charge in [-0.25, -0.2) is 4.79 Å². The molecule has 134 valence electrons. The van der Waals surface area contributed by atoms with Crippen LogP contribution in [-0.2, 0) is 4.74 Å². The van der Waals surface area contributed by atoms with Gasteiger partial charge in [-0.3, -0.25) is 0 Å². The van der Waals surface area contributed by atoms with Crippen LogP contribution in [0.3, 0.4) is 0 Å². The maximum absolute atomic E-state index is 11.8. The molecule has 23 heavy (non-hydrogen) atoms. The lowest BCUT2D eigenvalue weighted by Crippen LogP contribution is -2.41. The van der Waals surface area contributed by atoms with E-state index in [4.69, 9.17) is 4.74 Å². The lowest BCUT2D eigenvalue weighted by atomic mass is 10.0. The molecule has 2 rings (SSSR count). The van der Waals surface area contributed by atoms with E-state index in [9.17, 15) is 4.79 Å². The Morgan fingerprint density at radius 1 is 1.09 bits per heavy atom. The molecule has 2 fully saturated rings. The quantitative estimate of drug-likeness (QED) is 0.805. The summed E-state index contributed by atoms with van der Waals surface area (Å²) < 4.78 is 5.33. The molecular formula is C19H36N2O2. The van der Waals surface area contributed by atoms with E-state index in [1.807, 2.05) is 20.8 Å². The Bertz CT molecular complexity index is 423. The molecule has 2 atom stereocenters. The number of ether oxygens (including phenoxy) is 1. The van der Waals surface area contributed by atoms with E-state index in [0.29, 0.717) is 29.3 Å². The third-order valence-electron chi connectivity index (χ3n) is 6.47. The summed E-state index contributed by atoms with van der Waals surface area (Å²) >= 11 is 0. The van der Waals surface area contributed by atoms with Crippen molar-refractivity contribution in [2.24, 2.45) is 22.7 Å². The van der Waals surface area contributed by atoms with Gasteiger partial charge in [-0.1, -0.05) is 34.1 Å². The van der Waals surface area contributed by atoms with Gasteiger partial charge in [0, 0.05) is 12.6 Å². The maximum atomic E-state index is 11.8. The molecule has 0 aliphatic heterocycles. The van der Waals surface area contributed by atoms with Crippen LogP contribution in [0.1, 0.15) is 67.7 Å². The van der Waals surface area contributed by atoms with E-state index in [0.717, 1.165) is 12.5 Å². The van der Waals surface area contributed by atoms with Crippen molar-refractivity contribution in [3.8, 4) is 0 Å². The van der Waals surface area contributed by atoms with Crippen LogP contribution < -0.4 is 10.6 Å². The van der Waals surface area contributed by atoms with E-state index in [2.05, 4.69) is 38.3 Å². The van der Waals surface area contributed by atoms with Gasteiger partial charge in [0.25, 0.3) is 0 Å². The zero-order valence-corrected chi connectivity index (χ0v) is 16.1. The normalized spacial score (nSPS) is 29.3.